The molecular formula is C27H29Cl2NO2. The van der Waals surface area contributed by atoms with Crippen LogP contribution in [-0.2, 0) is 24.2 Å². The van der Waals surface area contributed by atoms with Crippen molar-refractivity contribution >= 4 is 41.4 Å². The zero-order chi connectivity index (χ0) is 21.9. The molecule has 0 N–H and O–H groups in total. The van der Waals surface area contributed by atoms with Gasteiger partial charge in [0, 0.05) is 12.2 Å². The van der Waals surface area contributed by atoms with E-state index in [9.17, 15) is 4.79 Å². The van der Waals surface area contributed by atoms with Gasteiger partial charge in [0.25, 0.3) is 5.24 Å². The number of rotatable bonds is 11. The van der Waals surface area contributed by atoms with Crippen LogP contribution in [0.1, 0.15) is 58.2 Å². The Hall–Kier alpha value is -2.46. The summed E-state index contributed by atoms with van der Waals surface area (Å²) in [6.07, 6.45) is 8.16. The Bertz CT molecular complexity index is 1020. The summed E-state index contributed by atoms with van der Waals surface area (Å²) in [4.78, 5) is 15.9. The summed E-state index contributed by atoms with van der Waals surface area (Å²) in [6, 6.07) is 22.0. The van der Waals surface area contributed by atoms with Gasteiger partial charge in [0.05, 0.1) is 18.0 Å². The number of hydrogen-bond donors (Lipinski definition) is 0. The Morgan fingerprint density at radius 2 is 1.72 bits per heavy atom. The quantitative estimate of drug-likeness (QED) is 0.221. The van der Waals surface area contributed by atoms with Crippen LogP contribution in [0.5, 0.6) is 0 Å². The van der Waals surface area contributed by atoms with Gasteiger partial charge in [-0.1, -0.05) is 61.5 Å². The van der Waals surface area contributed by atoms with Gasteiger partial charge in [-0.05, 0) is 78.2 Å². The largest absolute Gasteiger partial charge is 0.375 e. The molecule has 0 fully saturated rings. The van der Waals surface area contributed by atoms with Gasteiger partial charge in [-0.15, -0.1) is 12.4 Å². The van der Waals surface area contributed by atoms with Gasteiger partial charge in [-0.25, -0.2) is 0 Å². The maximum Gasteiger partial charge on any atom is 0.252 e. The molecule has 0 unspecified atom stereocenters. The standard InChI is InChI=1S/C27H28ClNO2.ClH/c1-2-21-12-14-22(15-13-21)7-3-4-18-31-20-26-11-6-10-25(29-26)17-16-23-8-5-9-24(19-23)27(28)30;/h5-6,8-17,19H,2-4,7,18,20H2,1H3;1H/b17-16+;. The van der Waals surface area contributed by atoms with Gasteiger partial charge < -0.3 is 4.74 Å². The zero-order valence-corrected chi connectivity index (χ0v) is 19.9. The third kappa shape index (κ3) is 8.58. The lowest BCUT2D eigenvalue weighted by atomic mass is 10.1. The Balaban J connectivity index is 0.00000363. The smallest absolute Gasteiger partial charge is 0.252 e. The topological polar surface area (TPSA) is 39.2 Å². The zero-order valence-electron chi connectivity index (χ0n) is 18.3. The summed E-state index contributed by atoms with van der Waals surface area (Å²) in [5.74, 6) is 0. The molecule has 168 valence electrons. The van der Waals surface area contributed by atoms with E-state index in [1.165, 1.54) is 11.1 Å². The second-order valence-electron chi connectivity index (χ2n) is 7.47. The van der Waals surface area contributed by atoms with Gasteiger partial charge in [0.2, 0.25) is 0 Å². The lowest BCUT2D eigenvalue weighted by molar-refractivity contribution is 0.108. The Morgan fingerprint density at radius 1 is 0.969 bits per heavy atom. The number of halogens is 2. The highest BCUT2D eigenvalue weighted by Gasteiger charge is 2.01. The molecule has 5 heteroatoms. The second kappa shape index (κ2) is 13.8. The van der Waals surface area contributed by atoms with E-state index >= 15 is 0 Å². The summed E-state index contributed by atoms with van der Waals surface area (Å²) in [5.41, 5.74) is 5.91. The van der Waals surface area contributed by atoms with E-state index in [-0.39, 0.29) is 12.4 Å². The van der Waals surface area contributed by atoms with Gasteiger partial charge in [0.1, 0.15) is 0 Å². The van der Waals surface area contributed by atoms with Crippen LogP contribution in [0.25, 0.3) is 12.2 Å². The van der Waals surface area contributed by atoms with Gasteiger partial charge >= 0.3 is 0 Å². The molecule has 1 aromatic heterocycles. The number of aromatic nitrogens is 1. The minimum Gasteiger partial charge on any atom is -0.375 e. The van der Waals surface area contributed by atoms with Crippen LogP contribution in [0, 0.1) is 0 Å². The van der Waals surface area contributed by atoms with Crippen LogP contribution >= 0.6 is 24.0 Å². The van der Waals surface area contributed by atoms with Crippen molar-refractivity contribution in [1.82, 2.24) is 4.98 Å². The fourth-order valence-corrected chi connectivity index (χ4v) is 3.39. The number of aryl methyl sites for hydroxylation is 2. The number of carbonyl (C=O) groups excluding carboxylic acids is 1. The summed E-state index contributed by atoms with van der Waals surface area (Å²) >= 11 is 5.55. The average molecular weight is 470 g/mol. The molecule has 0 bridgehead atoms. The number of benzene rings is 2. The van der Waals surface area contributed by atoms with E-state index in [0.717, 1.165) is 49.2 Å². The monoisotopic (exact) mass is 469 g/mol. The van der Waals surface area contributed by atoms with Crippen molar-refractivity contribution in [3.05, 3.63) is 100 Å². The fraction of sp³-hybridized carbons (Fsp3) is 0.259. The van der Waals surface area contributed by atoms with Gasteiger partial charge in [0.15, 0.2) is 0 Å². The molecule has 3 nitrogen and oxygen atoms in total. The van der Waals surface area contributed by atoms with E-state index in [1.54, 1.807) is 12.1 Å². The van der Waals surface area contributed by atoms with Crippen LogP contribution in [0.15, 0.2) is 66.7 Å². The van der Waals surface area contributed by atoms with E-state index < -0.39 is 5.24 Å². The molecule has 32 heavy (non-hydrogen) atoms. The highest BCUT2D eigenvalue weighted by molar-refractivity contribution is 6.67. The first-order valence-electron chi connectivity index (χ1n) is 10.7. The van der Waals surface area contributed by atoms with Crippen molar-refractivity contribution in [2.75, 3.05) is 6.61 Å². The van der Waals surface area contributed by atoms with Crippen LogP contribution < -0.4 is 0 Å². The van der Waals surface area contributed by atoms with Crippen LogP contribution in [0.2, 0.25) is 0 Å². The number of ether oxygens (including phenoxy) is 1. The lowest BCUT2D eigenvalue weighted by Crippen LogP contribution is -1.99. The second-order valence-corrected chi connectivity index (χ2v) is 7.81. The van der Waals surface area contributed by atoms with Gasteiger partial charge in [-0.2, -0.15) is 0 Å². The first kappa shape index (κ1) is 25.8. The molecule has 1 heterocycles. The first-order valence-corrected chi connectivity index (χ1v) is 11.1. The minimum atomic E-state index is -0.457. The summed E-state index contributed by atoms with van der Waals surface area (Å²) in [5, 5.41) is -0.457. The molecule has 3 aromatic rings. The van der Waals surface area contributed by atoms with Crippen molar-refractivity contribution < 1.29 is 9.53 Å². The molecule has 0 aliphatic carbocycles. The molecular weight excluding hydrogens is 441 g/mol. The number of unbranched alkanes of at least 4 members (excludes halogenated alkanes) is 1. The van der Waals surface area contributed by atoms with Crippen LogP contribution in [0.4, 0.5) is 0 Å². The maximum absolute atomic E-state index is 11.3. The Labute approximate surface area is 201 Å². The predicted molar refractivity (Wildman–Crippen MR) is 135 cm³/mol. The predicted octanol–water partition coefficient (Wildman–Crippen LogP) is 7.15. The van der Waals surface area contributed by atoms with Crippen molar-refractivity contribution in [2.24, 2.45) is 0 Å². The average Bonchev–Trinajstić information content (AvgIpc) is 2.81. The highest BCUT2D eigenvalue weighted by Crippen LogP contribution is 2.12. The SMILES string of the molecule is CCc1ccc(CCCCOCc2cccc(/C=C/c3cccc(C(=O)Cl)c3)n2)cc1.Cl. The molecule has 0 saturated carbocycles. The van der Waals surface area contributed by atoms with Crippen LogP contribution in [-0.4, -0.2) is 16.8 Å². The summed E-state index contributed by atoms with van der Waals surface area (Å²) in [6.45, 7) is 3.41. The minimum absolute atomic E-state index is 0. The van der Waals surface area contributed by atoms with Crippen molar-refractivity contribution in [3.63, 3.8) is 0 Å². The van der Waals surface area contributed by atoms with Gasteiger partial charge in [-0.3, -0.25) is 9.78 Å². The summed E-state index contributed by atoms with van der Waals surface area (Å²) in [7, 11) is 0. The fourth-order valence-electron chi connectivity index (χ4n) is 3.27. The molecule has 2 aromatic carbocycles. The molecule has 0 spiro atoms. The molecule has 3 rings (SSSR count). The van der Waals surface area contributed by atoms with Crippen molar-refractivity contribution in [2.45, 2.75) is 39.2 Å². The Morgan fingerprint density at radius 3 is 2.47 bits per heavy atom. The number of pyridine rings is 1. The summed E-state index contributed by atoms with van der Waals surface area (Å²) < 4.78 is 5.82. The normalized spacial score (nSPS) is 10.8. The number of hydrogen-bond acceptors (Lipinski definition) is 3. The molecule has 0 saturated heterocycles. The third-order valence-corrected chi connectivity index (χ3v) is 5.29. The molecule has 0 radical (unpaired) electrons. The van der Waals surface area contributed by atoms with E-state index in [2.05, 4.69) is 36.2 Å². The molecule has 0 aliphatic heterocycles. The molecule has 0 aliphatic rings. The maximum atomic E-state index is 11.3. The van der Waals surface area contributed by atoms with Crippen LogP contribution in [0.3, 0.4) is 0 Å². The Kier molecular flexibility index (Phi) is 11.2. The lowest BCUT2D eigenvalue weighted by Gasteiger charge is -2.06. The number of carbonyl (C=O) groups is 1. The first-order chi connectivity index (χ1) is 15.1. The van der Waals surface area contributed by atoms with E-state index in [1.807, 2.05) is 42.5 Å². The van der Waals surface area contributed by atoms with E-state index in [4.69, 9.17) is 16.3 Å². The number of nitrogens with zero attached hydrogens (tertiary/aromatic N) is 1. The third-order valence-electron chi connectivity index (χ3n) is 5.07. The highest BCUT2D eigenvalue weighted by atomic mass is 35.5. The molecule has 0 amide bonds. The van der Waals surface area contributed by atoms with Crippen molar-refractivity contribution in [1.29, 1.82) is 0 Å². The molecule has 0 atom stereocenters. The van der Waals surface area contributed by atoms with E-state index in [0.29, 0.717) is 12.2 Å². The van der Waals surface area contributed by atoms with Crippen molar-refractivity contribution in [3.8, 4) is 0 Å².